The van der Waals surface area contributed by atoms with Crippen LogP contribution in [0.3, 0.4) is 0 Å². The van der Waals surface area contributed by atoms with E-state index in [1.807, 2.05) is 6.92 Å². The van der Waals surface area contributed by atoms with Crippen molar-refractivity contribution in [1.29, 1.82) is 0 Å². The molecule has 2 rings (SSSR count). The van der Waals surface area contributed by atoms with Crippen LogP contribution >= 0.6 is 28.3 Å². The molecule has 1 aromatic rings. The summed E-state index contributed by atoms with van der Waals surface area (Å²) in [7, 11) is 0. The Balaban J connectivity index is 0.00000112. The van der Waals surface area contributed by atoms with Gasteiger partial charge >= 0.3 is 0 Å². The van der Waals surface area contributed by atoms with E-state index in [0.29, 0.717) is 10.4 Å². The van der Waals surface area contributed by atoms with Crippen molar-refractivity contribution < 1.29 is 9.21 Å². The third-order valence-corrected chi connectivity index (χ3v) is 2.60. The number of rotatable bonds is 2. The zero-order chi connectivity index (χ0) is 10.1. The van der Waals surface area contributed by atoms with E-state index in [-0.39, 0.29) is 24.4 Å². The molecule has 4 nitrogen and oxygen atoms in total. The van der Waals surface area contributed by atoms with Gasteiger partial charge in [0.15, 0.2) is 10.4 Å². The minimum absolute atomic E-state index is 0. The van der Waals surface area contributed by atoms with Crippen LogP contribution in [0, 0.1) is 6.92 Å². The van der Waals surface area contributed by atoms with E-state index in [1.165, 1.54) is 0 Å². The van der Waals surface area contributed by atoms with Crippen molar-refractivity contribution in [2.45, 2.75) is 13.0 Å². The van der Waals surface area contributed by atoms with E-state index in [4.69, 9.17) is 4.42 Å². The number of hydrogen-bond acceptors (Lipinski definition) is 3. The van der Waals surface area contributed by atoms with Crippen LogP contribution in [0.1, 0.15) is 16.1 Å². The molecule has 1 aliphatic rings. The number of carbonyl (C=O) groups is 1. The summed E-state index contributed by atoms with van der Waals surface area (Å²) in [4.78, 5) is 11.6. The molecule has 0 unspecified atom stereocenters. The van der Waals surface area contributed by atoms with Crippen molar-refractivity contribution in [1.82, 2.24) is 10.6 Å². The molecule has 6 heteroatoms. The smallest absolute Gasteiger partial charge is 0.287 e. The number of hydrogen-bond donors (Lipinski definition) is 2. The van der Waals surface area contributed by atoms with Gasteiger partial charge in [0.2, 0.25) is 0 Å². The fraction of sp³-hybridized carbons (Fsp3) is 0.444. The zero-order valence-corrected chi connectivity index (χ0v) is 10.6. The van der Waals surface area contributed by atoms with Crippen LogP contribution in [0.2, 0.25) is 0 Å². The summed E-state index contributed by atoms with van der Waals surface area (Å²) < 4.78 is 5.82. The Bertz CT molecular complexity index is 363. The average Bonchev–Trinajstić information content (AvgIpc) is 2.37. The molecule has 1 fully saturated rings. The number of nitrogens with one attached hydrogen (secondary N) is 2. The van der Waals surface area contributed by atoms with Gasteiger partial charge in [-0.25, -0.2) is 0 Å². The largest absolute Gasteiger partial charge is 0.444 e. The first-order valence-electron chi connectivity index (χ1n) is 4.44. The van der Waals surface area contributed by atoms with E-state index in [2.05, 4.69) is 26.6 Å². The van der Waals surface area contributed by atoms with Crippen LogP contribution < -0.4 is 10.6 Å². The van der Waals surface area contributed by atoms with Gasteiger partial charge in [-0.05, 0) is 28.9 Å². The first-order chi connectivity index (χ1) is 6.66. The maximum Gasteiger partial charge on any atom is 0.287 e. The molecular formula is C9H12BrClN2O2. The lowest BCUT2D eigenvalue weighted by Gasteiger charge is -2.27. The van der Waals surface area contributed by atoms with Crippen LogP contribution in [-0.4, -0.2) is 25.0 Å². The lowest BCUT2D eigenvalue weighted by Crippen LogP contribution is -2.56. The van der Waals surface area contributed by atoms with Crippen LogP contribution in [0.5, 0.6) is 0 Å². The van der Waals surface area contributed by atoms with Crippen molar-refractivity contribution in [2.75, 3.05) is 13.1 Å². The lowest BCUT2D eigenvalue weighted by atomic mass is 10.1. The normalized spacial score (nSPS) is 15.3. The molecule has 0 aliphatic carbocycles. The van der Waals surface area contributed by atoms with Crippen LogP contribution in [0.15, 0.2) is 15.2 Å². The van der Waals surface area contributed by atoms with Gasteiger partial charge in [0.05, 0.1) is 6.04 Å². The molecule has 0 spiro atoms. The molecule has 0 bridgehead atoms. The molecule has 1 aliphatic heterocycles. The van der Waals surface area contributed by atoms with Gasteiger partial charge in [0, 0.05) is 18.7 Å². The number of amides is 1. The van der Waals surface area contributed by atoms with Crippen molar-refractivity contribution in [3.05, 3.63) is 22.1 Å². The second kappa shape index (κ2) is 5.01. The predicted octanol–water partition coefficient (Wildman–Crippen LogP) is 1.47. The van der Waals surface area contributed by atoms with Crippen molar-refractivity contribution in [3.8, 4) is 0 Å². The summed E-state index contributed by atoms with van der Waals surface area (Å²) in [5.41, 5.74) is 0.849. The SMILES string of the molecule is Cc1cc(Br)oc1C(=O)NC1CNC1.Cl. The van der Waals surface area contributed by atoms with Crippen molar-refractivity contribution >= 4 is 34.2 Å². The molecule has 0 saturated carbocycles. The quantitative estimate of drug-likeness (QED) is 0.869. The Morgan fingerprint density at radius 1 is 1.67 bits per heavy atom. The van der Waals surface area contributed by atoms with Gasteiger partial charge in [0.25, 0.3) is 5.91 Å². The highest BCUT2D eigenvalue weighted by Crippen LogP contribution is 2.19. The lowest BCUT2D eigenvalue weighted by molar-refractivity contribution is 0.0893. The van der Waals surface area contributed by atoms with Gasteiger partial charge < -0.3 is 15.1 Å². The first-order valence-corrected chi connectivity index (χ1v) is 5.23. The van der Waals surface area contributed by atoms with E-state index in [0.717, 1.165) is 18.7 Å². The second-order valence-corrected chi connectivity index (χ2v) is 4.17. The third-order valence-electron chi connectivity index (χ3n) is 2.21. The highest BCUT2D eigenvalue weighted by molar-refractivity contribution is 9.10. The number of halogens is 2. The van der Waals surface area contributed by atoms with Crippen LogP contribution in [0.25, 0.3) is 0 Å². The first kappa shape index (κ1) is 12.5. The molecule has 0 radical (unpaired) electrons. The summed E-state index contributed by atoms with van der Waals surface area (Å²) >= 11 is 3.19. The molecule has 2 N–H and O–H groups in total. The Morgan fingerprint density at radius 2 is 2.33 bits per heavy atom. The summed E-state index contributed by atoms with van der Waals surface area (Å²) in [5.74, 6) is 0.253. The molecule has 2 heterocycles. The van der Waals surface area contributed by atoms with Gasteiger partial charge in [-0.1, -0.05) is 0 Å². The van der Waals surface area contributed by atoms with Crippen LogP contribution in [0.4, 0.5) is 0 Å². The second-order valence-electron chi connectivity index (χ2n) is 3.39. The predicted molar refractivity (Wildman–Crippen MR) is 62.5 cm³/mol. The third kappa shape index (κ3) is 2.74. The number of furan rings is 1. The fourth-order valence-electron chi connectivity index (χ4n) is 1.31. The van der Waals surface area contributed by atoms with E-state index in [1.54, 1.807) is 6.07 Å². The Morgan fingerprint density at radius 3 is 2.73 bits per heavy atom. The van der Waals surface area contributed by atoms with Gasteiger partial charge in [-0.15, -0.1) is 12.4 Å². The van der Waals surface area contributed by atoms with Gasteiger partial charge in [0.1, 0.15) is 0 Å². The Hall–Kier alpha value is -0.520. The van der Waals surface area contributed by atoms with E-state index >= 15 is 0 Å². The molecule has 1 amide bonds. The molecule has 0 aromatic carbocycles. The van der Waals surface area contributed by atoms with Gasteiger partial charge in [-0.2, -0.15) is 0 Å². The van der Waals surface area contributed by atoms with Crippen molar-refractivity contribution in [2.24, 2.45) is 0 Å². The molecular weight excluding hydrogens is 283 g/mol. The summed E-state index contributed by atoms with van der Waals surface area (Å²) in [6, 6.07) is 2.03. The number of carbonyl (C=O) groups excluding carboxylic acids is 1. The maximum atomic E-state index is 11.6. The minimum Gasteiger partial charge on any atom is -0.444 e. The number of aryl methyl sites for hydroxylation is 1. The molecule has 15 heavy (non-hydrogen) atoms. The molecule has 1 saturated heterocycles. The summed E-state index contributed by atoms with van der Waals surface area (Å²) in [5, 5.41) is 5.95. The maximum absolute atomic E-state index is 11.6. The standard InChI is InChI=1S/C9H11BrN2O2.ClH/c1-5-2-7(10)14-8(5)9(13)12-6-3-11-4-6;/h2,6,11H,3-4H2,1H3,(H,12,13);1H. The highest BCUT2D eigenvalue weighted by Gasteiger charge is 2.22. The van der Waals surface area contributed by atoms with Crippen molar-refractivity contribution in [3.63, 3.8) is 0 Å². The van der Waals surface area contributed by atoms with E-state index in [9.17, 15) is 4.79 Å². The van der Waals surface area contributed by atoms with Crippen LogP contribution in [-0.2, 0) is 0 Å². The average molecular weight is 296 g/mol. The monoisotopic (exact) mass is 294 g/mol. The molecule has 1 aromatic heterocycles. The molecule has 84 valence electrons. The van der Waals surface area contributed by atoms with E-state index < -0.39 is 0 Å². The Kier molecular flexibility index (Phi) is 4.19. The van der Waals surface area contributed by atoms with Gasteiger partial charge in [-0.3, -0.25) is 4.79 Å². The molecule has 0 atom stereocenters. The highest BCUT2D eigenvalue weighted by atomic mass is 79.9. The Labute approximate surface area is 102 Å². The zero-order valence-electron chi connectivity index (χ0n) is 8.17. The summed E-state index contributed by atoms with van der Waals surface area (Å²) in [6.07, 6.45) is 0. The fourth-order valence-corrected chi connectivity index (χ4v) is 1.82. The topological polar surface area (TPSA) is 54.3 Å². The minimum atomic E-state index is -0.139. The summed E-state index contributed by atoms with van der Waals surface area (Å²) in [6.45, 7) is 3.53.